The van der Waals surface area contributed by atoms with Crippen LogP contribution < -0.4 is 0 Å². The van der Waals surface area contributed by atoms with E-state index in [0.29, 0.717) is 18.4 Å². The molecule has 0 spiro atoms. The van der Waals surface area contributed by atoms with Crippen LogP contribution in [0.5, 0.6) is 0 Å². The summed E-state index contributed by atoms with van der Waals surface area (Å²) in [5, 5.41) is 9.39. The molecule has 0 aliphatic rings. The zero-order valence-electron chi connectivity index (χ0n) is 11.0. The van der Waals surface area contributed by atoms with Crippen LogP contribution >= 0.6 is 0 Å². The highest BCUT2D eigenvalue weighted by molar-refractivity contribution is 5.48. The van der Waals surface area contributed by atoms with Crippen LogP contribution in [0.3, 0.4) is 0 Å². The fourth-order valence-corrected chi connectivity index (χ4v) is 1.97. The van der Waals surface area contributed by atoms with Crippen molar-refractivity contribution >= 4 is 6.08 Å². The van der Waals surface area contributed by atoms with Crippen molar-refractivity contribution < 1.29 is 5.11 Å². The molecular weight excluding hydrogens is 208 g/mol. The molecule has 0 aromatic heterocycles. The summed E-state index contributed by atoms with van der Waals surface area (Å²) in [6.07, 6.45) is 7.89. The van der Waals surface area contributed by atoms with Gasteiger partial charge in [0.15, 0.2) is 0 Å². The number of hydrogen-bond acceptors (Lipinski definition) is 1. The second-order valence-electron chi connectivity index (χ2n) is 4.71. The Hall–Kier alpha value is -1.08. The van der Waals surface area contributed by atoms with Crippen molar-refractivity contribution in [3.05, 3.63) is 42.0 Å². The summed E-state index contributed by atoms with van der Waals surface area (Å²) in [5.41, 5.74) is 1.23. The van der Waals surface area contributed by atoms with Crippen LogP contribution in [-0.2, 0) is 0 Å². The maximum absolute atomic E-state index is 9.39. The Morgan fingerprint density at radius 1 is 1.24 bits per heavy atom. The lowest BCUT2D eigenvalue weighted by molar-refractivity contribution is 0.189. The summed E-state index contributed by atoms with van der Waals surface area (Å²) in [7, 11) is 0. The van der Waals surface area contributed by atoms with Crippen molar-refractivity contribution in [2.24, 2.45) is 11.8 Å². The Balaban J connectivity index is 2.51. The zero-order valence-corrected chi connectivity index (χ0v) is 11.0. The van der Waals surface area contributed by atoms with Crippen LogP contribution in [0.1, 0.15) is 38.7 Å². The predicted octanol–water partition coefficient (Wildman–Crippen LogP) is 4.13. The van der Waals surface area contributed by atoms with Crippen molar-refractivity contribution in [2.45, 2.75) is 33.1 Å². The van der Waals surface area contributed by atoms with E-state index < -0.39 is 0 Å². The van der Waals surface area contributed by atoms with Gasteiger partial charge in [-0.05, 0) is 23.8 Å². The van der Waals surface area contributed by atoms with Gasteiger partial charge < -0.3 is 5.11 Å². The van der Waals surface area contributed by atoms with Crippen LogP contribution in [0.2, 0.25) is 0 Å². The lowest BCUT2D eigenvalue weighted by atomic mass is 9.89. The van der Waals surface area contributed by atoms with Gasteiger partial charge in [-0.3, -0.25) is 0 Å². The molecule has 94 valence electrons. The molecule has 17 heavy (non-hydrogen) atoms. The summed E-state index contributed by atoms with van der Waals surface area (Å²) in [5.74, 6) is 0.835. The fourth-order valence-electron chi connectivity index (χ4n) is 1.97. The number of aliphatic hydroxyl groups excluding tert-OH is 1. The molecule has 0 amide bonds. The van der Waals surface area contributed by atoms with E-state index in [-0.39, 0.29) is 0 Å². The van der Waals surface area contributed by atoms with E-state index in [1.807, 2.05) is 18.2 Å². The van der Waals surface area contributed by atoms with Gasteiger partial charge in [-0.15, -0.1) is 0 Å². The lowest BCUT2D eigenvalue weighted by Crippen LogP contribution is -2.14. The molecule has 1 N–H and O–H groups in total. The van der Waals surface area contributed by atoms with Gasteiger partial charge in [-0.1, -0.05) is 69.2 Å². The van der Waals surface area contributed by atoms with Gasteiger partial charge in [0.05, 0.1) is 0 Å². The van der Waals surface area contributed by atoms with Crippen LogP contribution in [0.4, 0.5) is 0 Å². The highest BCUT2D eigenvalue weighted by Gasteiger charge is 2.12. The highest BCUT2D eigenvalue weighted by atomic mass is 16.3. The van der Waals surface area contributed by atoms with Crippen LogP contribution in [0.25, 0.3) is 6.08 Å². The minimum absolute atomic E-state index is 0.292. The third kappa shape index (κ3) is 5.18. The van der Waals surface area contributed by atoms with Crippen molar-refractivity contribution in [3.8, 4) is 0 Å². The topological polar surface area (TPSA) is 20.2 Å². The quantitative estimate of drug-likeness (QED) is 0.749. The Labute approximate surface area is 105 Å². The number of rotatable bonds is 7. The van der Waals surface area contributed by atoms with Gasteiger partial charge in [0, 0.05) is 6.61 Å². The average molecular weight is 232 g/mol. The van der Waals surface area contributed by atoms with Gasteiger partial charge in [0.1, 0.15) is 0 Å². The smallest absolute Gasteiger partial charge is 0.0464 e. The molecular formula is C16H24O. The molecule has 2 atom stereocenters. The zero-order chi connectivity index (χ0) is 12.5. The van der Waals surface area contributed by atoms with Crippen LogP contribution in [0.15, 0.2) is 36.4 Å². The van der Waals surface area contributed by atoms with Crippen LogP contribution in [-0.4, -0.2) is 11.7 Å². The molecule has 0 heterocycles. The SMILES string of the molecule is CCCC[C@H](CO)[C@H](C)/C=C/c1ccccc1. The molecule has 0 saturated carbocycles. The molecule has 1 aromatic rings. The number of aliphatic hydroxyl groups is 1. The maximum atomic E-state index is 9.39. The van der Waals surface area contributed by atoms with E-state index in [1.54, 1.807) is 0 Å². The average Bonchev–Trinajstić information content (AvgIpc) is 2.38. The summed E-state index contributed by atoms with van der Waals surface area (Å²) in [6.45, 7) is 4.68. The maximum Gasteiger partial charge on any atom is 0.0464 e. The first-order valence-electron chi connectivity index (χ1n) is 6.62. The normalized spacial score (nSPS) is 15.0. The minimum atomic E-state index is 0.292. The molecule has 0 radical (unpaired) electrons. The van der Waals surface area contributed by atoms with Crippen molar-refractivity contribution in [1.29, 1.82) is 0 Å². The van der Waals surface area contributed by atoms with E-state index in [0.717, 1.165) is 6.42 Å². The molecule has 0 unspecified atom stereocenters. The first-order chi connectivity index (χ1) is 8.27. The molecule has 1 nitrogen and oxygen atoms in total. The largest absolute Gasteiger partial charge is 0.396 e. The van der Waals surface area contributed by atoms with E-state index in [1.165, 1.54) is 18.4 Å². The number of hydrogen-bond donors (Lipinski definition) is 1. The highest BCUT2D eigenvalue weighted by Crippen LogP contribution is 2.20. The molecule has 0 saturated heterocycles. The molecule has 1 rings (SSSR count). The second kappa shape index (κ2) is 8.08. The fraction of sp³-hybridized carbons (Fsp3) is 0.500. The van der Waals surface area contributed by atoms with Gasteiger partial charge in [0.2, 0.25) is 0 Å². The molecule has 1 heteroatoms. The Bertz CT molecular complexity index is 316. The van der Waals surface area contributed by atoms with E-state index in [9.17, 15) is 5.11 Å². The monoisotopic (exact) mass is 232 g/mol. The molecule has 0 aliphatic heterocycles. The number of benzene rings is 1. The van der Waals surface area contributed by atoms with E-state index >= 15 is 0 Å². The Morgan fingerprint density at radius 3 is 2.53 bits per heavy atom. The first kappa shape index (κ1) is 14.0. The number of unbranched alkanes of at least 4 members (excludes halogenated alkanes) is 1. The molecule has 0 bridgehead atoms. The van der Waals surface area contributed by atoms with Crippen molar-refractivity contribution in [2.75, 3.05) is 6.61 Å². The van der Waals surface area contributed by atoms with Crippen molar-refractivity contribution in [1.82, 2.24) is 0 Å². The van der Waals surface area contributed by atoms with Gasteiger partial charge in [-0.2, -0.15) is 0 Å². The third-order valence-corrected chi connectivity index (χ3v) is 3.30. The second-order valence-corrected chi connectivity index (χ2v) is 4.71. The minimum Gasteiger partial charge on any atom is -0.396 e. The summed E-state index contributed by atoms with van der Waals surface area (Å²) in [4.78, 5) is 0. The lowest BCUT2D eigenvalue weighted by Gasteiger charge is -2.18. The van der Waals surface area contributed by atoms with Gasteiger partial charge in [-0.25, -0.2) is 0 Å². The number of allylic oxidation sites excluding steroid dienone is 1. The summed E-state index contributed by atoms with van der Waals surface area (Å²) in [6, 6.07) is 10.3. The van der Waals surface area contributed by atoms with E-state index in [4.69, 9.17) is 0 Å². The third-order valence-electron chi connectivity index (χ3n) is 3.30. The van der Waals surface area contributed by atoms with E-state index in [2.05, 4.69) is 38.1 Å². The summed E-state index contributed by atoms with van der Waals surface area (Å²) < 4.78 is 0. The molecule has 1 aromatic carbocycles. The Kier molecular flexibility index (Phi) is 6.64. The van der Waals surface area contributed by atoms with Crippen molar-refractivity contribution in [3.63, 3.8) is 0 Å². The molecule has 0 aliphatic carbocycles. The van der Waals surface area contributed by atoms with Gasteiger partial charge in [0.25, 0.3) is 0 Å². The first-order valence-corrected chi connectivity index (χ1v) is 6.62. The standard InChI is InChI=1S/C16H24O/c1-3-4-10-16(13-17)14(2)11-12-15-8-6-5-7-9-15/h5-9,11-12,14,16-17H,3-4,10,13H2,1-2H3/b12-11+/t14-,16-/m1/s1. The van der Waals surface area contributed by atoms with Gasteiger partial charge >= 0.3 is 0 Å². The molecule has 0 fully saturated rings. The predicted molar refractivity (Wildman–Crippen MR) is 74.7 cm³/mol. The van der Waals surface area contributed by atoms with Crippen LogP contribution in [0, 0.1) is 11.8 Å². The summed E-state index contributed by atoms with van der Waals surface area (Å²) >= 11 is 0. The Morgan fingerprint density at radius 2 is 1.94 bits per heavy atom.